The van der Waals surface area contributed by atoms with Gasteiger partial charge in [-0.25, -0.2) is 0 Å². The van der Waals surface area contributed by atoms with Crippen molar-refractivity contribution in [3.05, 3.63) is 0 Å². The molecule has 1 aliphatic carbocycles. The van der Waals surface area contributed by atoms with Crippen molar-refractivity contribution in [2.45, 2.75) is 51.0 Å². The number of hydrogen-bond acceptors (Lipinski definition) is 3. The van der Waals surface area contributed by atoms with E-state index in [9.17, 15) is 0 Å². The Morgan fingerprint density at radius 2 is 1.71 bits per heavy atom. The van der Waals surface area contributed by atoms with Crippen LogP contribution in [0.25, 0.3) is 0 Å². The van der Waals surface area contributed by atoms with E-state index in [1.165, 1.54) is 77.7 Å². The second-order valence-electron chi connectivity index (χ2n) is 5.67. The highest BCUT2D eigenvalue weighted by molar-refractivity contribution is 4.80. The zero-order chi connectivity index (χ0) is 11.9. The van der Waals surface area contributed by atoms with Gasteiger partial charge in [0, 0.05) is 6.04 Å². The topological polar surface area (TPSA) is 32.5 Å². The molecule has 0 aromatic heterocycles. The minimum Gasteiger partial charge on any atom is -0.330 e. The van der Waals surface area contributed by atoms with Gasteiger partial charge in [-0.1, -0.05) is 6.42 Å². The number of nitrogens with zero attached hydrogens (tertiary/aromatic N) is 2. The van der Waals surface area contributed by atoms with E-state index in [2.05, 4.69) is 9.80 Å². The molecule has 1 aliphatic heterocycles. The van der Waals surface area contributed by atoms with Crippen LogP contribution in [0.2, 0.25) is 0 Å². The molecule has 2 fully saturated rings. The van der Waals surface area contributed by atoms with Crippen molar-refractivity contribution in [3.63, 3.8) is 0 Å². The molecule has 1 saturated carbocycles. The Morgan fingerprint density at radius 3 is 2.29 bits per heavy atom. The molecule has 3 heteroatoms. The van der Waals surface area contributed by atoms with Crippen molar-refractivity contribution in [3.8, 4) is 0 Å². The summed E-state index contributed by atoms with van der Waals surface area (Å²) in [6, 6.07) is 0.889. The van der Waals surface area contributed by atoms with Gasteiger partial charge in [-0.15, -0.1) is 0 Å². The largest absolute Gasteiger partial charge is 0.330 e. The van der Waals surface area contributed by atoms with Gasteiger partial charge in [-0.05, 0) is 77.8 Å². The van der Waals surface area contributed by atoms with Crippen molar-refractivity contribution in [2.24, 2.45) is 5.73 Å². The minimum atomic E-state index is 0.843. The van der Waals surface area contributed by atoms with E-state index in [4.69, 9.17) is 5.73 Å². The first kappa shape index (κ1) is 13.3. The van der Waals surface area contributed by atoms with Crippen LogP contribution in [0, 0.1) is 0 Å². The summed E-state index contributed by atoms with van der Waals surface area (Å²) in [7, 11) is 0. The summed E-state index contributed by atoms with van der Waals surface area (Å²) in [6.45, 7) is 7.35. The van der Waals surface area contributed by atoms with Crippen molar-refractivity contribution in [1.82, 2.24) is 9.80 Å². The van der Waals surface area contributed by atoms with E-state index in [0.717, 1.165) is 12.6 Å². The molecule has 2 rings (SSSR count). The molecule has 2 N–H and O–H groups in total. The zero-order valence-electron chi connectivity index (χ0n) is 11.2. The van der Waals surface area contributed by atoms with Gasteiger partial charge in [0.05, 0.1) is 0 Å². The fraction of sp³-hybridized carbons (Fsp3) is 1.00. The lowest BCUT2D eigenvalue weighted by Gasteiger charge is -2.38. The second kappa shape index (κ2) is 7.34. The molecular weight excluding hydrogens is 210 g/mol. The fourth-order valence-corrected chi connectivity index (χ4v) is 3.03. The smallest absolute Gasteiger partial charge is 0.00952 e. The lowest BCUT2D eigenvalue weighted by atomic mass is 9.91. The monoisotopic (exact) mass is 239 g/mol. The van der Waals surface area contributed by atoms with Crippen molar-refractivity contribution in [1.29, 1.82) is 0 Å². The summed E-state index contributed by atoms with van der Waals surface area (Å²) >= 11 is 0. The number of nitrogens with two attached hydrogens (primary N) is 1. The lowest BCUT2D eigenvalue weighted by Crippen LogP contribution is -2.42. The third-order valence-corrected chi connectivity index (χ3v) is 4.36. The summed E-state index contributed by atoms with van der Waals surface area (Å²) in [5, 5.41) is 0. The van der Waals surface area contributed by atoms with Gasteiger partial charge >= 0.3 is 0 Å². The fourth-order valence-electron chi connectivity index (χ4n) is 3.03. The molecule has 0 atom stereocenters. The molecule has 17 heavy (non-hydrogen) atoms. The van der Waals surface area contributed by atoms with Crippen LogP contribution in [0.15, 0.2) is 0 Å². The summed E-state index contributed by atoms with van der Waals surface area (Å²) in [4.78, 5) is 5.33. The Kier molecular flexibility index (Phi) is 5.75. The van der Waals surface area contributed by atoms with Crippen LogP contribution < -0.4 is 5.73 Å². The highest BCUT2D eigenvalue weighted by Crippen LogP contribution is 2.25. The van der Waals surface area contributed by atoms with Gasteiger partial charge in [0.2, 0.25) is 0 Å². The van der Waals surface area contributed by atoms with Crippen LogP contribution >= 0.6 is 0 Å². The van der Waals surface area contributed by atoms with Gasteiger partial charge in [-0.2, -0.15) is 0 Å². The van der Waals surface area contributed by atoms with E-state index < -0.39 is 0 Å². The Hall–Kier alpha value is -0.120. The maximum atomic E-state index is 5.63. The average molecular weight is 239 g/mol. The number of likely N-dealkylation sites (tertiary alicyclic amines) is 1. The molecular formula is C14H29N3. The highest BCUT2D eigenvalue weighted by Gasteiger charge is 2.24. The number of rotatable bonds is 8. The van der Waals surface area contributed by atoms with E-state index in [0.29, 0.717) is 0 Å². The van der Waals surface area contributed by atoms with Crippen LogP contribution in [0.3, 0.4) is 0 Å². The third kappa shape index (κ3) is 4.23. The van der Waals surface area contributed by atoms with Crippen LogP contribution in [0.1, 0.15) is 44.9 Å². The standard InChI is InChI=1S/C14H29N3/c15-8-4-12-17(14-6-3-7-14)13-5-11-16-9-1-2-10-16/h14H,1-13,15H2. The Balaban J connectivity index is 1.61. The van der Waals surface area contributed by atoms with E-state index in [1.54, 1.807) is 0 Å². The zero-order valence-corrected chi connectivity index (χ0v) is 11.2. The molecule has 100 valence electrons. The normalized spacial score (nSPS) is 22.2. The predicted molar refractivity (Wildman–Crippen MR) is 73.2 cm³/mol. The molecule has 0 bridgehead atoms. The van der Waals surface area contributed by atoms with Gasteiger partial charge in [0.15, 0.2) is 0 Å². The van der Waals surface area contributed by atoms with E-state index in [1.807, 2.05) is 0 Å². The molecule has 0 amide bonds. The molecule has 3 nitrogen and oxygen atoms in total. The van der Waals surface area contributed by atoms with Crippen LogP contribution in [0.4, 0.5) is 0 Å². The van der Waals surface area contributed by atoms with Crippen LogP contribution in [-0.2, 0) is 0 Å². The molecule has 0 spiro atoms. The summed E-state index contributed by atoms with van der Waals surface area (Å²) in [6.07, 6.45) is 9.64. The molecule has 0 radical (unpaired) electrons. The van der Waals surface area contributed by atoms with Gasteiger partial charge < -0.3 is 15.5 Å². The summed E-state index contributed by atoms with van der Waals surface area (Å²) < 4.78 is 0. The molecule has 2 aliphatic rings. The average Bonchev–Trinajstić information content (AvgIpc) is 2.76. The number of hydrogen-bond donors (Lipinski definition) is 1. The van der Waals surface area contributed by atoms with E-state index >= 15 is 0 Å². The molecule has 0 unspecified atom stereocenters. The van der Waals surface area contributed by atoms with Crippen LogP contribution in [0.5, 0.6) is 0 Å². The van der Waals surface area contributed by atoms with Crippen molar-refractivity contribution < 1.29 is 0 Å². The first-order valence-electron chi connectivity index (χ1n) is 7.56. The third-order valence-electron chi connectivity index (χ3n) is 4.36. The van der Waals surface area contributed by atoms with Gasteiger partial charge in [0.25, 0.3) is 0 Å². The first-order valence-corrected chi connectivity index (χ1v) is 7.56. The second-order valence-corrected chi connectivity index (χ2v) is 5.67. The Bertz CT molecular complexity index is 198. The molecule has 1 heterocycles. The Labute approximate surface area is 106 Å². The summed E-state index contributed by atoms with van der Waals surface area (Å²) in [5.41, 5.74) is 5.63. The maximum absolute atomic E-state index is 5.63. The predicted octanol–water partition coefficient (Wildman–Crippen LogP) is 1.68. The van der Waals surface area contributed by atoms with Gasteiger partial charge in [0.1, 0.15) is 0 Å². The van der Waals surface area contributed by atoms with Gasteiger partial charge in [-0.3, -0.25) is 0 Å². The molecule has 0 aromatic rings. The van der Waals surface area contributed by atoms with Crippen molar-refractivity contribution >= 4 is 0 Å². The van der Waals surface area contributed by atoms with Crippen LogP contribution in [-0.4, -0.2) is 55.1 Å². The highest BCUT2D eigenvalue weighted by atomic mass is 15.2. The Morgan fingerprint density at radius 1 is 1.00 bits per heavy atom. The maximum Gasteiger partial charge on any atom is 0.00952 e. The minimum absolute atomic E-state index is 0.843. The first-order chi connectivity index (χ1) is 8.40. The SMILES string of the molecule is NCCCN(CCCN1CCCC1)C1CCC1. The summed E-state index contributed by atoms with van der Waals surface area (Å²) in [5.74, 6) is 0. The molecule has 0 aromatic carbocycles. The quantitative estimate of drug-likeness (QED) is 0.699. The van der Waals surface area contributed by atoms with Crippen molar-refractivity contribution in [2.75, 3.05) is 39.3 Å². The van der Waals surface area contributed by atoms with E-state index in [-0.39, 0.29) is 0 Å². The molecule has 1 saturated heterocycles. The lowest BCUT2D eigenvalue weighted by molar-refractivity contribution is 0.120.